The molecule has 0 spiro atoms. The van der Waals surface area contributed by atoms with Crippen LogP contribution in [0.2, 0.25) is 0 Å². The number of carbonyl (C=O) groups is 1. The summed E-state index contributed by atoms with van der Waals surface area (Å²) in [5.74, 6) is 1.30. The number of aliphatic imine (C=N–C) groups is 2. The van der Waals surface area contributed by atoms with Crippen LogP contribution in [0.1, 0.15) is 18.1 Å². The molecular weight excluding hydrogens is 332 g/mol. The number of hydrogen-bond acceptors (Lipinski definition) is 7. The van der Waals surface area contributed by atoms with E-state index >= 15 is 0 Å². The normalized spacial score (nSPS) is 15.7. The summed E-state index contributed by atoms with van der Waals surface area (Å²) in [5, 5.41) is 10.4. The highest BCUT2D eigenvalue weighted by Crippen LogP contribution is 2.37. The minimum atomic E-state index is -0.417. The number of benzene rings is 1. The van der Waals surface area contributed by atoms with Crippen LogP contribution in [0.25, 0.3) is 5.76 Å². The molecule has 26 heavy (non-hydrogen) atoms. The molecule has 3 heterocycles. The molecule has 0 amide bonds. The predicted octanol–water partition coefficient (Wildman–Crippen LogP) is 2.71. The molecule has 7 nitrogen and oxygen atoms in total. The summed E-state index contributed by atoms with van der Waals surface area (Å²) in [4.78, 5) is 26.5. The molecule has 0 bridgehead atoms. The fourth-order valence-electron chi connectivity index (χ4n) is 2.96. The minimum Gasteiger partial charge on any atom is -0.507 e. The average molecular weight is 348 g/mol. The summed E-state index contributed by atoms with van der Waals surface area (Å²) >= 11 is 0. The monoisotopic (exact) mass is 348 g/mol. The third kappa shape index (κ3) is 2.83. The number of amidine groups is 2. The van der Waals surface area contributed by atoms with Gasteiger partial charge >= 0.3 is 5.97 Å². The van der Waals surface area contributed by atoms with Crippen molar-refractivity contribution in [3.63, 3.8) is 0 Å². The quantitative estimate of drug-likeness (QED) is 0.523. The topological polar surface area (TPSA) is 87.4 Å². The van der Waals surface area contributed by atoms with E-state index in [0.29, 0.717) is 35.9 Å². The molecule has 0 aliphatic carbocycles. The zero-order valence-electron chi connectivity index (χ0n) is 14.1. The lowest BCUT2D eigenvalue weighted by molar-refractivity contribution is -0.131. The lowest BCUT2D eigenvalue weighted by atomic mass is 10.1. The second-order valence-corrected chi connectivity index (χ2v) is 5.84. The van der Waals surface area contributed by atoms with E-state index in [4.69, 9.17) is 4.74 Å². The number of hydrogen-bond donors (Lipinski definition) is 1. The van der Waals surface area contributed by atoms with Gasteiger partial charge in [-0.1, -0.05) is 6.07 Å². The number of aromatic nitrogens is 1. The molecule has 7 heteroatoms. The summed E-state index contributed by atoms with van der Waals surface area (Å²) < 4.78 is 5.29. The summed E-state index contributed by atoms with van der Waals surface area (Å²) in [6.07, 6.45) is 4.79. The van der Waals surface area contributed by atoms with Crippen molar-refractivity contribution >= 4 is 29.1 Å². The Hall–Kier alpha value is -3.48. The smallest absolute Gasteiger partial charge is 0.308 e. The maximum absolute atomic E-state index is 11.4. The van der Waals surface area contributed by atoms with Crippen molar-refractivity contribution in [2.45, 2.75) is 6.92 Å². The van der Waals surface area contributed by atoms with Crippen molar-refractivity contribution in [2.24, 2.45) is 9.98 Å². The number of aliphatic hydroxyl groups is 1. The van der Waals surface area contributed by atoms with Gasteiger partial charge in [0.05, 0.1) is 6.54 Å². The highest BCUT2D eigenvalue weighted by molar-refractivity contribution is 6.20. The van der Waals surface area contributed by atoms with Crippen LogP contribution in [0.15, 0.2) is 58.8 Å². The van der Waals surface area contributed by atoms with E-state index in [1.165, 1.54) is 6.92 Å². The van der Waals surface area contributed by atoms with Crippen LogP contribution >= 0.6 is 0 Å². The highest BCUT2D eigenvalue weighted by atomic mass is 16.5. The number of nitrogens with zero attached hydrogens (tertiary/aromatic N) is 4. The summed E-state index contributed by atoms with van der Waals surface area (Å²) in [6, 6.07) is 8.90. The first-order chi connectivity index (χ1) is 12.6. The Kier molecular flexibility index (Phi) is 3.96. The van der Waals surface area contributed by atoms with Gasteiger partial charge in [-0.2, -0.15) is 0 Å². The van der Waals surface area contributed by atoms with Gasteiger partial charge in [0.2, 0.25) is 0 Å². The highest BCUT2D eigenvalue weighted by Gasteiger charge is 2.30. The SMILES string of the molecule is CC(=O)Oc1cccc2c1N=C(/C=C(\O)c1cccnc1)N1CCN=C21. The summed E-state index contributed by atoms with van der Waals surface area (Å²) in [6.45, 7) is 2.65. The van der Waals surface area contributed by atoms with Crippen molar-refractivity contribution < 1.29 is 14.6 Å². The van der Waals surface area contributed by atoms with E-state index in [-0.39, 0.29) is 5.76 Å². The summed E-state index contributed by atoms with van der Waals surface area (Å²) in [5.41, 5.74) is 1.93. The molecule has 0 radical (unpaired) electrons. The molecule has 2 aliphatic rings. The van der Waals surface area contributed by atoms with Gasteiger partial charge in [0.15, 0.2) is 5.75 Å². The molecule has 1 aromatic carbocycles. The molecule has 1 aromatic heterocycles. The molecule has 0 atom stereocenters. The van der Waals surface area contributed by atoms with Gasteiger partial charge < -0.3 is 14.7 Å². The zero-order valence-corrected chi connectivity index (χ0v) is 14.1. The summed E-state index contributed by atoms with van der Waals surface area (Å²) in [7, 11) is 0. The molecule has 4 rings (SSSR count). The molecule has 130 valence electrons. The molecule has 0 unspecified atom stereocenters. The van der Waals surface area contributed by atoms with Crippen LogP contribution in [0.5, 0.6) is 5.75 Å². The van der Waals surface area contributed by atoms with E-state index in [2.05, 4.69) is 15.0 Å². The van der Waals surface area contributed by atoms with E-state index < -0.39 is 5.97 Å². The second kappa shape index (κ2) is 6.44. The number of para-hydroxylation sites is 1. The van der Waals surface area contributed by atoms with Crippen molar-refractivity contribution in [2.75, 3.05) is 13.1 Å². The van der Waals surface area contributed by atoms with E-state index in [0.717, 1.165) is 11.4 Å². The second-order valence-electron chi connectivity index (χ2n) is 5.84. The van der Waals surface area contributed by atoms with Gasteiger partial charge in [0.1, 0.15) is 23.1 Å². The van der Waals surface area contributed by atoms with Crippen molar-refractivity contribution in [1.82, 2.24) is 9.88 Å². The molecule has 2 aromatic rings. The first-order valence-electron chi connectivity index (χ1n) is 8.17. The Morgan fingerprint density at radius 3 is 2.96 bits per heavy atom. The zero-order chi connectivity index (χ0) is 18.1. The van der Waals surface area contributed by atoms with Crippen LogP contribution in [0.4, 0.5) is 5.69 Å². The van der Waals surface area contributed by atoms with E-state index in [1.54, 1.807) is 42.7 Å². The van der Waals surface area contributed by atoms with Crippen LogP contribution in [0.3, 0.4) is 0 Å². The Morgan fingerprint density at radius 2 is 2.19 bits per heavy atom. The first-order valence-corrected chi connectivity index (χ1v) is 8.17. The van der Waals surface area contributed by atoms with Crippen LogP contribution in [-0.2, 0) is 4.79 Å². The standard InChI is InChI=1S/C19H16N4O3/c1-12(24)26-16-6-2-5-14-18(16)22-17(23-9-8-21-19(14)23)10-15(25)13-4-3-7-20-11-13/h2-7,10-11,25H,8-9H2,1H3/b15-10-. The first kappa shape index (κ1) is 16.0. The fourth-order valence-corrected chi connectivity index (χ4v) is 2.96. The van der Waals surface area contributed by atoms with E-state index in [9.17, 15) is 9.90 Å². The Labute approximate surface area is 150 Å². The van der Waals surface area contributed by atoms with Crippen LogP contribution in [-0.4, -0.2) is 45.7 Å². The van der Waals surface area contributed by atoms with Gasteiger partial charge in [0.25, 0.3) is 0 Å². The molecule has 0 fully saturated rings. The molecular formula is C19H16N4O3. The number of aliphatic hydroxyl groups excluding tert-OH is 1. The fraction of sp³-hybridized carbons (Fsp3) is 0.158. The minimum absolute atomic E-state index is 0.0523. The van der Waals surface area contributed by atoms with Crippen molar-refractivity contribution in [3.05, 3.63) is 59.9 Å². The van der Waals surface area contributed by atoms with Gasteiger partial charge in [-0.25, -0.2) is 4.99 Å². The van der Waals surface area contributed by atoms with Gasteiger partial charge in [-0.15, -0.1) is 0 Å². The number of pyridine rings is 1. The number of ether oxygens (including phenoxy) is 1. The third-order valence-corrected chi connectivity index (χ3v) is 4.06. The third-order valence-electron chi connectivity index (χ3n) is 4.06. The Bertz CT molecular complexity index is 964. The van der Waals surface area contributed by atoms with Gasteiger partial charge in [-0.05, 0) is 24.3 Å². The van der Waals surface area contributed by atoms with Crippen LogP contribution < -0.4 is 4.74 Å². The molecule has 1 N–H and O–H groups in total. The molecule has 2 aliphatic heterocycles. The molecule has 0 saturated heterocycles. The average Bonchev–Trinajstić information content (AvgIpc) is 3.13. The van der Waals surface area contributed by atoms with E-state index in [1.807, 2.05) is 11.0 Å². The number of rotatable bonds is 3. The maximum atomic E-state index is 11.4. The number of fused-ring (bicyclic) bond motifs is 3. The van der Waals surface area contributed by atoms with Gasteiger partial charge in [0, 0.05) is 43.1 Å². The van der Waals surface area contributed by atoms with Gasteiger partial charge in [-0.3, -0.25) is 14.8 Å². The Balaban J connectivity index is 1.82. The molecule has 0 saturated carbocycles. The number of carbonyl (C=O) groups excluding carboxylic acids is 1. The maximum Gasteiger partial charge on any atom is 0.308 e. The Morgan fingerprint density at radius 1 is 1.31 bits per heavy atom. The van der Waals surface area contributed by atoms with Crippen molar-refractivity contribution in [1.29, 1.82) is 0 Å². The number of esters is 1. The van der Waals surface area contributed by atoms with Crippen LogP contribution in [0, 0.1) is 0 Å². The van der Waals surface area contributed by atoms with Crippen molar-refractivity contribution in [3.8, 4) is 5.75 Å². The predicted molar refractivity (Wildman–Crippen MR) is 97.8 cm³/mol. The lowest BCUT2D eigenvalue weighted by Gasteiger charge is -2.26. The largest absolute Gasteiger partial charge is 0.507 e. The lowest BCUT2D eigenvalue weighted by Crippen LogP contribution is -2.36.